The first-order valence-electron chi connectivity index (χ1n) is 8.57. The van der Waals surface area contributed by atoms with Crippen molar-refractivity contribution in [1.82, 2.24) is 9.80 Å². The van der Waals surface area contributed by atoms with E-state index in [0.29, 0.717) is 17.9 Å². The quantitative estimate of drug-likeness (QED) is 0.855. The number of carbonyl (C=O) groups excluding carboxylic acids is 1. The van der Waals surface area contributed by atoms with Gasteiger partial charge in [0, 0.05) is 19.6 Å². The third-order valence-electron chi connectivity index (χ3n) is 4.43. The molecule has 0 spiro atoms. The Kier molecular flexibility index (Phi) is 5.66. The maximum Gasteiger partial charge on any atom is 0.257 e. The van der Waals surface area contributed by atoms with Crippen LogP contribution >= 0.6 is 0 Å². The van der Waals surface area contributed by atoms with E-state index in [1.807, 2.05) is 17.0 Å². The Bertz CT molecular complexity index is 718. The van der Waals surface area contributed by atoms with Gasteiger partial charge in [0.05, 0.1) is 5.56 Å². The summed E-state index contributed by atoms with van der Waals surface area (Å²) in [5.41, 5.74) is 1.44. The highest BCUT2D eigenvalue weighted by atomic mass is 19.1. The third-order valence-corrected chi connectivity index (χ3v) is 4.43. The van der Waals surface area contributed by atoms with Crippen molar-refractivity contribution in [2.75, 3.05) is 33.2 Å². The van der Waals surface area contributed by atoms with Gasteiger partial charge in [-0.2, -0.15) is 0 Å². The van der Waals surface area contributed by atoms with Crippen LogP contribution < -0.4 is 4.74 Å². The molecule has 5 heteroatoms. The number of rotatable bonds is 4. The molecule has 1 fully saturated rings. The molecule has 0 N–H and O–H groups in total. The Balaban J connectivity index is 1.71. The molecular weight excluding hydrogens is 319 g/mol. The van der Waals surface area contributed by atoms with Crippen LogP contribution in [0.3, 0.4) is 0 Å². The fraction of sp³-hybridized carbons (Fsp3) is 0.350. The Hall–Kier alpha value is -2.40. The van der Waals surface area contributed by atoms with Gasteiger partial charge in [-0.25, -0.2) is 4.39 Å². The summed E-state index contributed by atoms with van der Waals surface area (Å²) in [7, 11) is 2.08. The molecule has 1 aliphatic rings. The summed E-state index contributed by atoms with van der Waals surface area (Å²) in [6.07, 6.45) is 0.973. The highest BCUT2D eigenvalue weighted by molar-refractivity contribution is 5.97. The van der Waals surface area contributed by atoms with Crippen molar-refractivity contribution < 1.29 is 13.9 Å². The van der Waals surface area contributed by atoms with Gasteiger partial charge in [0.15, 0.2) is 0 Å². The lowest BCUT2D eigenvalue weighted by molar-refractivity contribution is 0.0758. The molecule has 0 saturated carbocycles. The van der Waals surface area contributed by atoms with E-state index in [2.05, 4.69) is 11.9 Å². The van der Waals surface area contributed by atoms with Crippen molar-refractivity contribution >= 4 is 5.91 Å². The largest absolute Gasteiger partial charge is 0.488 e. The second kappa shape index (κ2) is 8.12. The third kappa shape index (κ3) is 4.57. The maximum atomic E-state index is 13.0. The van der Waals surface area contributed by atoms with Gasteiger partial charge in [-0.15, -0.1) is 0 Å². The van der Waals surface area contributed by atoms with E-state index < -0.39 is 0 Å². The molecule has 0 atom stereocenters. The van der Waals surface area contributed by atoms with Gasteiger partial charge in [0.1, 0.15) is 18.2 Å². The van der Waals surface area contributed by atoms with Crippen molar-refractivity contribution in [3.8, 4) is 5.75 Å². The highest BCUT2D eigenvalue weighted by Gasteiger charge is 2.21. The van der Waals surface area contributed by atoms with Crippen LogP contribution in [0.2, 0.25) is 0 Å². The minimum absolute atomic E-state index is 0.00464. The Morgan fingerprint density at radius 2 is 1.80 bits per heavy atom. The second-order valence-electron chi connectivity index (χ2n) is 6.36. The second-order valence-corrected chi connectivity index (χ2v) is 6.36. The van der Waals surface area contributed by atoms with E-state index in [9.17, 15) is 9.18 Å². The smallest absolute Gasteiger partial charge is 0.257 e. The molecule has 2 aromatic carbocycles. The fourth-order valence-corrected chi connectivity index (χ4v) is 2.93. The van der Waals surface area contributed by atoms with Crippen molar-refractivity contribution in [3.63, 3.8) is 0 Å². The minimum Gasteiger partial charge on any atom is -0.488 e. The molecule has 132 valence electrons. The predicted molar refractivity (Wildman–Crippen MR) is 95.2 cm³/mol. The number of hydrogen-bond acceptors (Lipinski definition) is 3. The maximum absolute atomic E-state index is 13.0. The molecule has 25 heavy (non-hydrogen) atoms. The zero-order valence-electron chi connectivity index (χ0n) is 14.5. The van der Waals surface area contributed by atoms with Gasteiger partial charge >= 0.3 is 0 Å². The summed E-state index contributed by atoms with van der Waals surface area (Å²) in [4.78, 5) is 17.0. The van der Waals surface area contributed by atoms with Gasteiger partial charge in [-0.05, 0) is 49.8 Å². The summed E-state index contributed by atoms with van der Waals surface area (Å²) < 4.78 is 18.8. The molecule has 1 saturated heterocycles. The predicted octanol–water partition coefficient (Wildman–Crippen LogP) is 3.18. The molecule has 0 aromatic heterocycles. The van der Waals surface area contributed by atoms with Crippen LogP contribution in [0.1, 0.15) is 22.3 Å². The van der Waals surface area contributed by atoms with E-state index in [-0.39, 0.29) is 11.7 Å². The standard InChI is InChI=1S/C20H23FN2O2/c1-22-11-4-12-23(14-13-22)20(24)18-5-2-3-6-19(18)25-15-16-7-9-17(21)10-8-16/h2-3,5-10H,4,11-15H2,1H3. The molecule has 1 heterocycles. The van der Waals surface area contributed by atoms with Gasteiger partial charge in [-0.1, -0.05) is 24.3 Å². The van der Waals surface area contributed by atoms with Gasteiger partial charge < -0.3 is 14.5 Å². The van der Waals surface area contributed by atoms with Crippen LogP contribution in [0.25, 0.3) is 0 Å². The first kappa shape index (κ1) is 17.4. The Labute approximate surface area is 147 Å². The van der Waals surface area contributed by atoms with Crippen molar-refractivity contribution in [3.05, 3.63) is 65.5 Å². The molecule has 1 aliphatic heterocycles. The number of likely N-dealkylation sites (N-methyl/N-ethyl adjacent to an activating group) is 1. The van der Waals surface area contributed by atoms with Crippen LogP contribution in [-0.2, 0) is 6.61 Å². The normalized spacial score (nSPS) is 15.7. The average Bonchev–Trinajstić information content (AvgIpc) is 2.85. The molecule has 0 unspecified atom stereocenters. The fourth-order valence-electron chi connectivity index (χ4n) is 2.93. The Morgan fingerprint density at radius 1 is 1.04 bits per heavy atom. The number of ether oxygens (including phenoxy) is 1. The zero-order valence-corrected chi connectivity index (χ0v) is 14.5. The number of nitrogens with zero attached hydrogens (tertiary/aromatic N) is 2. The molecule has 1 amide bonds. The molecule has 3 rings (SSSR count). The van der Waals surface area contributed by atoms with Gasteiger partial charge in [0.25, 0.3) is 5.91 Å². The SMILES string of the molecule is CN1CCCN(C(=O)c2ccccc2OCc2ccc(F)cc2)CC1. The topological polar surface area (TPSA) is 32.8 Å². The van der Waals surface area contributed by atoms with Crippen LogP contribution in [-0.4, -0.2) is 48.9 Å². The van der Waals surface area contributed by atoms with E-state index >= 15 is 0 Å². The van der Waals surface area contributed by atoms with E-state index in [1.165, 1.54) is 12.1 Å². The zero-order chi connectivity index (χ0) is 17.6. The van der Waals surface area contributed by atoms with Crippen LogP contribution in [0, 0.1) is 5.82 Å². The summed E-state index contributed by atoms with van der Waals surface area (Å²) in [6, 6.07) is 13.5. The van der Waals surface area contributed by atoms with Crippen LogP contribution in [0.15, 0.2) is 48.5 Å². The van der Waals surface area contributed by atoms with E-state index in [1.54, 1.807) is 24.3 Å². The lowest BCUT2D eigenvalue weighted by atomic mass is 10.1. The highest BCUT2D eigenvalue weighted by Crippen LogP contribution is 2.22. The molecule has 0 radical (unpaired) electrons. The number of benzene rings is 2. The lowest BCUT2D eigenvalue weighted by Gasteiger charge is -2.22. The molecule has 0 aliphatic carbocycles. The Morgan fingerprint density at radius 3 is 2.60 bits per heavy atom. The number of halogens is 1. The van der Waals surface area contributed by atoms with Crippen molar-refractivity contribution in [2.45, 2.75) is 13.0 Å². The number of hydrogen-bond donors (Lipinski definition) is 0. The summed E-state index contributed by atoms with van der Waals surface area (Å²) in [5.74, 6) is 0.296. The number of carbonyl (C=O) groups is 1. The van der Waals surface area contributed by atoms with Crippen molar-refractivity contribution in [2.24, 2.45) is 0 Å². The number of amides is 1. The summed E-state index contributed by atoms with van der Waals surface area (Å²) in [5, 5.41) is 0. The monoisotopic (exact) mass is 342 g/mol. The summed E-state index contributed by atoms with van der Waals surface area (Å²) >= 11 is 0. The van der Waals surface area contributed by atoms with Crippen LogP contribution in [0.5, 0.6) is 5.75 Å². The molecular formula is C20H23FN2O2. The first-order valence-corrected chi connectivity index (χ1v) is 8.57. The first-order chi connectivity index (χ1) is 12.1. The lowest BCUT2D eigenvalue weighted by Crippen LogP contribution is -2.34. The van der Waals surface area contributed by atoms with E-state index in [4.69, 9.17) is 4.74 Å². The van der Waals surface area contributed by atoms with Gasteiger partial charge in [-0.3, -0.25) is 4.79 Å². The molecule has 4 nitrogen and oxygen atoms in total. The molecule has 0 bridgehead atoms. The average molecular weight is 342 g/mol. The molecule has 2 aromatic rings. The van der Waals surface area contributed by atoms with E-state index in [0.717, 1.165) is 38.2 Å². The van der Waals surface area contributed by atoms with Gasteiger partial charge in [0.2, 0.25) is 0 Å². The summed E-state index contributed by atoms with van der Waals surface area (Å²) in [6.45, 7) is 3.67. The van der Waals surface area contributed by atoms with Crippen molar-refractivity contribution in [1.29, 1.82) is 0 Å². The van der Waals surface area contributed by atoms with Crippen LogP contribution in [0.4, 0.5) is 4.39 Å². The minimum atomic E-state index is -0.273. The number of para-hydroxylation sites is 1.